The van der Waals surface area contributed by atoms with Crippen LogP contribution in [-0.2, 0) is 6.18 Å². The van der Waals surface area contributed by atoms with Crippen LogP contribution in [-0.4, -0.2) is 11.1 Å². The minimum absolute atomic E-state index is 0.0429. The normalized spacial score (nSPS) is 11.5. The van der Waals surface area contributed by atoms with Gasteiger partial charge in [0.25, 0.3) is 5.91 Å². The van der Waals surface area contributed by atoms with Crippen molar-refractivity contribution < 1.29 is 23.2 Å². The zero-order valence-electron chi connectivity index (χ0n) is 12.3. The molecule has 3 nitrogen and oxygen atoms in total. The number of benzene rings is 3. The van der Waals surface area contributed by atoms with Crippen LogP contribution >= 0.6 is 0 Å². The average Bonchev–Trinajstić information content (AvgIpc) is 2.59. The molecule has 0 saturated heterocycles. The third kappa shape index (κ3) is 3.09. The highest BCUT2D eigenvalue weighted by atomic mass is 19.4. The van der Waals surface area contributed by atoms with Crippen molar-refractivity contribution in [1.82, 2.24) is 0 Å². The lowest BCUT2D eigenvalue weighted by atomic mass is 10.1. The first-order valence-electron chi connectivity index (χ1n) is 7.06. The number of hydrogen-bond acceptors (Lipinski definition) is 2. The van der Waals surface area contributed by atoms with Gasteiger partial charge in [-0.1, -0.05) is 30.3 Å². The summed E-state index contributed by atoms with van der Waals surface area (Å²) in [4.78, 5) is 12.2. The monoisotopic (exact) mass is 331 g/mol. The largest absolute Gasteiger partial charge is 0.416 e. The molecule has 0 unspecified atom stereocenters. The molecule has 0 aliphatic carbocycles. The maximum absolute atomic E-state index is 12.5. The highest BCUT2D eigenvalue weighted by molar-refractivity contribution is 6.05. The zero-order valence-corrected chi connectivity index (χ0v) is 12.3. The predicted octanol–water partition coefficient (Wildman–Crippen LogP) is 4.89. The molecule has 1 amide bonds. The molecular formula is C18H12F3NO2. The van der Waals surface area contributed by atoms with Gasteiger partial charge >= 0.3 is 6.18 Å². The zero-order chi connectivity index (χ0) is 17.3. The Balaban J connectivity index is 1.88. The van der Waals surface area contributed by atoms with E-state index in [9.17, 15) is 23.2 Å². The summed E-state index contributed by atoms with van der Waals surface area (Å²) < 4.78 is 37.6. The fraction of sp³-hybridized carbons (Fsp3) is 0.0556. The topological polar surface area (TPSA) is 40.5 Å². The maximum Gasteiger partial charge on any atom is 0.416 e. The van der Waals surface area contributed by atoms with Gasteiger partial charge in [0.05, 0.1) is 11.3 Å². The molecule has 0 heterocycles. The number of alkyl halides is 3. The van der Waals surface area contributed by atoms with E-state index >= 15 is 0 Å². The number of anilines is 1. The van der Waals surface area contributed by atoms with Crippen molar-refractivity contribution in [3.63, 3.8) is 0 Å². The standard InChI is InChI=1S/C18H12F3NO2/c19-18(20,21)15-8-5-13(6-9-15)17(23)22(24)16-10-7-12-3-1-2-4-14(12)11-16/h1-11,24H. The van der Waals surface area contributed by atoms with Gasteiger partial charge in [-0.2, -0.15) is 18.2 Å². The number of nitrogens with zero attached hydrogens (tertiary/aromatic N) is 1. The number of fused-ring (bicyclic) bond motifs is 1. The fourth-order valence-electron chi connectivity index (χ4n) is 2.35. The van der Waals surface area contributed by atoms with E-state index < -0.39 is 17.6 Å². The lowest BCUT2D eigenvalue weighted by Gasteiger charge is -2.16. The highest BCUT2D eigenvalue weighted by Crippen LogP contribution is 2.29. The Morgan fingerprint density at radius 1 is 0.875 bits per heavy atom. The Morgan fingerprint density at radius 3 is 2.12 bits per heavy atom. The first-order chi connectivity index (χ1) is 11.4. The minimum atomic E-state index is -4.47. The molecule has 3 rings (SSSR count). The number of amides is 1. The molecule has 1 N–H and O–H groups in total. The Hall–Kier alpha value is -2.86. The lowest BCUT2D eigenvalue weighted by molar-refractivity contribution is -0.137. The van der Waals surface area contributed by atoms with Gasteiger partial charge in [-0.05, 0) is 47.2 Å². The molecule has 0 saturated carbocycles. The molecule has 24 heavy (non-hydrogen) atoms. The first kappa shape index (κ1) is 16.0. The van der Waals surface area contributed by atoms with Gasteiger partial charge in [-0.25, -0.2) is 0 Å². The highest BCUT2D eigenvalue weighted by Gasteiger charge is 2.30. The number of carbonyl (C=O) groups excluding carboxylic acids is 1. The van der Waals surface area contributed by atoms with Crippen molar-refractivity contribution in [1.29, 1.82) is 0 Å². The minimum Gasteiger partial charge on any atom is -0.281 e. The quantitative estimate of drug-likeness (QED) is 0.536. The van der Waals surface area contributed by atoms with Gasteiger partial charge in [0, 0.05) is 5.56 Å². The van der Waals surface area contributed by atoms with Crippen LogP contribution in [0.5, 0.6) is 0 Å². The second kappa shape index (κ2) is 5.98. The van der Waals surface area contributed by atoms with Crippen molar-refractivity contribution in [2.45, 2.75) is 6.18 Å². The SMILES string of the molecule is O=C(c1ccc(C(F)(F)F)cc1)N(O)c1ccc2ccccc2c1. The number of hydroxylamine groups is 1. The molecule has 0 spiro atoms. The van der Waals surface area contributed by atoms with Crippen LogP contribution in [0.4, 0.5) is 18.9 Å². The Labute approximate surface area is 135 Å². The van der Waals surface area contributed by atoms with Gasteiger partial charge in [0.15, 0.2) is 0 Å². The molecule has 0 radical (unpaired) electrons. The van der Waals surface area contributed by atoms with E-state index in [1.54, 1.807) is 18.2 Å². The van der Waals surface area contributed by atoms with E-state index in [1.165, 1.54) is 0 Å². The van der Waals surface area contributed by atoms with E-state index in [2.05, 4.69) is 0 Å². The molecule has 6 heteroatoms. The van der Waals surface area contributed by atoms with Gasteiger partial charge in [-0.3, -0.25) is 10.0 Å². The summed E-state index contributed by atoms with van der Waals surface area (Å²) >= 11 is 0. The summed E-state index contributed by atoms with van der Waals surface area (Å²) in [5, 5.41) is 12.3. The van der Waals surface area contributed by atoms with Crippen LogP contribution in [0.1, 0.15) is 15.9 Å². The van der Waals surface area contributed by atoms with Gasteiger partial charge in [-0.15, -0.1) is 0 Å². The summed E-state index contributed by atoms with van der Waals surface area (Å²) in [5.74, 6) is -0.806. The molecule has 3 aromatic carbocycles. The van der Waals surface area contributed by atoms with Crippen molar-refractivity contribution in [2.24, 2.45) is 0 Å². The molecule has 0 fully saturated rings. The van der Waals surface area contributed by atoms with Gasteiger partial charge in [0.1, 0.15) is 0 Å². The summed E-state index contributed by atoms with van der Waals surface area (Å²) in [6, 6.07) is 16.0. The average molecular weight is 331 g/mol. The summed E-state index contributed by atoms with van der Waals surface area (Å²) in [7, 11) is 0. The van der Waals surface area contributed by atoms with E-state index in [4.69, 9.17) is 0 Å². The number of carbonyl (C=O) groups is 1. The van der Waals surface area contributed by atoms with Crippen LogP contribution in [0.2, 0.25) is 0 Å². The number of halogens is 3. The van der Waals surface area contributed by atoms with Gasteiger partial charge in [0.2, 0.25) is 0 Å². The maximum atomic E-state index is 12.5. The molecule has 0 bridgehead atoms. The fourth-order valence-corrected chi connectivity index (χ4v) is 2.35. The van der Waals surface area contributed by atoms with Crippen LogP contribution in [0.15, 0.2) is 66.7 Å². The Morgan fingerprint density at radius 2 is 1.50 bits per heavy atom. The summed E-state index contributed by atoms with van der Waals surface area (Å²) in [6.07, 6.45) is -4.47. The van der Waals surface area contributed by atoms with E-state index in [0.29, 0.717) is 5.06 Å². The number of hydrogen-bond donors (Lipinski definition) is 1. The second-order valence-electron chi connectivity index (χ2n) is 5.22. The first-order valence-corrected chi connectivity index (χ1v) is 7.06. The molecule has 0 aromatic heterocycles. The number of rotatable bonds is 2. The van der Waals surface area contributed by atoms with Crippen molar-refractivity contribution >= 4 is 22.4 Å². The second-order valence-corrected chi connectivity index (χ2v) is 5.22. The van der Waals surface area contributed by atoms with E-state index in [-0.39, 0.29) is 11.3 Å². The van der Waals surface area contributed by atoms with E-state index in [1.807, 2.05) is 24.3 Å². The third-order valence-electron chi connectivity index (χ3n) is 3.63. The Kier molecular flexibility index (Phi) is 3.99. The molecule has 122 valence electrons. The summed E-state index contributed by atoms with van der Waals surface area (Å²) in [5.41, 5.74) is -0.661. The predicted molar refractivity (Wildman–Crippen MR) is 84.0 cm³/mol. The van der Waals surface area contributed by atoms with E-state index in [0.717, 1.165) is 35.0 Å². The van der Waals surface area contributed by atoms with Crippen molar-refractivity contribution in [3.8, 4) is 0 Å². The molecule has 0 aliphatic rings. The van der Waals surface area contributed by atoms with Crippen LogP contribution in [0.3, 0.4) is 0 Å². The molecular weight excluding hydrogens is 319 g/mol. The third-order valence-corrected chi connectivity index (χ3v) is 3.63. The van der Waals surface area contributed by atoms with Crippen molar-refractivity contribution in [3.05, 3.63) is 77.9 Å². The van der Waals surface area contributed by atoms with Crippen LogP contribution < -0.4 is 5.06 Å². The molecule has 0 aliphatic heterocycles. The Bertz CT molecular complexity index is 889. The smallest absolute Gasteiger partial charge is 0.281 e. The molecule has 3 aromatic rings. The summed E-state index contributed by atoms with van der Waals surface area (Å²) in [6.45, 7) is 0. The van der Waals surface area contributed by atoms with Gasteiger partial charge < -0.3 is 0 Å². The van der Waals surface area contributed by atoms with Crippen molar-refractivity contribution in [2.75, 3.05) is 5.06 Å². The molecule has 0 atom stereocenters. The van der Waals surface area contributed by atoms with Crippen LogP contribution in [0, 0.1) is 0 Å². The van der Waals surface area contributed by atoms with Crippen LogP contribution in [0.25, 0.3) is 10.8 Å². The lowest BCUT2D eigenvalue weighted by Crippen LogP contribution is -2.27.